The van der Waals surface area contributed by atoms with E-state index in [0.717, 1.165) is 17.8 Å². The molecule has 1 aromatic carbocycles. The van der Waals surface area contributed by atoms with Crippen LogP contribution in [-0.2, 0) is 0 Å². The highest BCUT2D eigenvalue weighted by atomic mass is 19.3. The molecule has 0 saturated carbocycles. The van der Waals surface area contributed by atoms with Crippen LogP contribution < -0.4 is 10.6 Å². The van der Waals surface area contributed by atoms with Crippen LogP contribution in [0.3, 0.4) is 0 Å². The summed E-state index contributed by atoms with van der Waals surface area (Å²) in [5.41, 5.74) is 2.32. The second-order valence-corrected chi connectivity index (χ2v) is 4.15. The van der Waals surface area contributed by atoms with E-state index < -0.39 is 18.9 Å². The number of halogens is 2. The van der Waals surface area contributed by atoms with Gasteiger partial charge in [0.05, 0.1) is 6.54 Å². The highest BCUT2D eigenvalue weighted by Gasteiger charge is 2.24. The van der Waals surface area contributed by atoms with Gasteiger partial charge in [0.25, 0.3) is 12.3 Å². The van der Waals surface area contributed by atoms with Gasteiger partial charge in [-0.05, 0) is 17.7 Å². The number of hydrogen-bond acceptors (Lipinski definition) is 2. The van der Waals surface area contributed by atoms with Crippen LogP contribution in [0.15, 0.2) is 18.2 Å². The fourth-order valence-electron chi connectivity index (χ4n) is 2.08. The Kier molecular flexibility index (Phi) is 3.26. The first-order valence-electron chi connectivity index (χ1n) is 5.52. The third-order valence-electron chi connectivity index (χ3n) is 2.86. The summed E-state index contributed by atoms with van der Waals surface area (Å²) >= 11 is 0. The van der Waals surface area contributed by atoms with Gasteiger partial charge in [-0.3, -0.25) is 4.79 Å². The molecule has 1 heterocycles. The molecule has 0 aliphatic carbocycles. The van der Waals surface area contributed by atoms with Gasteiger partial charge in [-0.1, -0.05) is 13.0 Å². The van der Waals surface area contributed by atoms with Gasteiger partial charge in [0.2, 0.25) is 0 Å². The third-order valence-corrected chi connectivity index (χ3v) is 2.86. The summed E-state index contributed by atoms with van der Waals surface area (Å²) in [5, 5.41) is 5.41. The maximum absolute atomic E-state index is 12.0. The molecule has 0 fully saturated rings. The number of alkyl halides is 2. The van der Waals surface area contributed by atoms with Crippen molar-refractivity contribution in [2.24, 2.45) is 0 Å². The molecular formula is C12H14F2N2O. The molecule has 1 aliphatic heterocycles. The van der Waals surface area contributed by atoms with Crippen molar-refractivity contribution >= 4 is 11.6 Å². The highest BCUT2D eigenvalue weighted by Crippen LogP contribution is 2.33. The molecule has 5 heteroatoms. The molecule has 0 bridgehead atoms. The summed E-state index contributed by atoms with van der Waals surface area (Å²) < 4.78 is 24.1. The highest BCUT2D eigenvalue weighted by molar-refractivity contribution is 5.97. The third kappa shape index (κ3) is 2.38. The minimum Gasteiger partial charge on any atom is -0.384 e. The molecule has 17 heavy (non-hydrogen) atoms. The molecule has 2 rings (SSSR count). The lowest BCUT2D eigenvalue weighted by molar-refractivity contribution is 0.0890. The maximum Gasteiger partial charge on any atom is 0.255 e. The number of carbonyl (C=O) groups excluding carboxylic acids is 1. The maximum atomic E-state index is 12.0. The average Bonchev–Trinajstić information content (AvgIpc) is 2.68. The summed E-state index contributed by atoms with van der Waals surface area (Å²) in [7, 11) is 0. The Balaban J connectivity index is 2.22. The number of fused-ring (bicyclic) bond motifs is 1. The summed E-state index contributed by atoms with van der Waals surface area (Å²) in [6.45, 7) is 2.17. The number of amides is 1. The van der Waals surface area contributed by atoms with E-state index in [0.29, 0.717) is 5.56 Å². The number of benzene rings is 1. The monoisotopic (exact) mass is 240 g/mol. The normalized spacial score (nSPS) is 17.8. The Morgan fingerprint density at radius 2 is 2.35 bits per heavy atom. The first kappa shape index (κ1) is 11.8. The van der Waals surface area contributed by atoms with Crippen LogP contribution in [0.1, 0.15) is 28.8 Å². The molecule has 0 saturated heterocycles. The minimum atomic E-state index is -2.52. The van der Waals surface area contributed by atoms with Crippen LogP contribution in [0.2, 0.25) is 0 Å². The van der Waals surface area contributed by atoms with Gasteiger partial charge in [0, 0.05) is 23.7 Å². The molecule has 1 aromatic rings. The molecule has 0 unspecified atom stereocenters. The minimum absolute atomic E-state index is 0.221. The Hall–Kier alpha value is -1.65. The van der Waals surface area contributed by atoms with Crippen molar-refractivity contribution in [3.05, 3.63) is 29.3 Å². The van der Waals surface area contributed by atoms with Crippen molar-refractivity contribution in [3.8, 4) is 0 Å². The van der Waals surface area contributed by atoms with Crippen LogP contribution in [0.25, 0.3) is 0 Å². The summed E-state index contributed by atoms with van der Waals surface area (Å²) in [6, 6.07) is 5.31. The molecule has 1 atom stereocenters. The first-order valence-corrected chi connectivity index (χ1v) is 5.52. The van der Waals surface area contributed by atoms with E-state index in [2.05, 4.69) is 10.6 Å². The van der Waals surface area contributed by atoms with Crippen LogP contribution in [0.4, 0.5) is 14.5 Å². The SMILES string of the molecule is C[C@H]1CNc2cccc(C(=O)NCC(F)F)c21. The van der Waals surface area contributed by atoms with E-state index in [4.69, 9.17) is 0 Å². The Morgan fingerprint density at radius 3 is 3.06 bits per heavy atom. The van der Waals surface area contributed by atoms with Crippen molar-refractivity contribution in [2.45, 2.75) is 19.3 Å². The molecule has 2 N–H and O–H groups in total. The van der Waals surface area contributed by atoms with Crippen molar-refractivity contribution in [1.29, 1.82) is 0 Å². The summed E-state index contributed by atoms with van der Waals surface area (Å²) in [6.07, 6.45) is -2.52. The van der Waals surface area contributed by atoms with Gasteiger partial charge in [-0.2, -0.15) is 0 Å². The fraction of sp³-hybridized carbons (Fsp3) is 0.417. The number of rotatable bonds is 3. The van der Waals surface area contributed by atoms with Crippen molar-refractivity contribution in [1.82, 2.24) is 5.32 Å². The van der Waals surface area contributed by atoms with Crippen molar-refractivity contribution in [3.63, 3.8) is 0 Å². The first-order chi connectivity index (χ1) is 8.09. The second-order valence-electron chi connectivity index (χ2n) is 4.15. The van der Waals surface area contributed by atoms with E-state index in [1.807, 2.05) is 13.0 Å². The fourth-order valence-corrected chi connectivity index (χ4v) is 2.08. The van der Waals surface area contributed by atoms with Crippen LogP contribution in [0.5, 0.6) is 0 Å². The number of carbonyl (C=O) groups is 1. The zero-order valence-electron chi connectivity index (χ0n) is 9.47. The largest absolute Gasteiger partial charge is 0.384 e. The van der Waals surface area contributed by atoms with E-state index in [1.165, 1.54) is 0 Å². The van der Waals surface area contributed by atoms with Crippen molar-refractivity contribution < 1.29 is 13.6 Å². The Bertz CT molecular complexity index is 435. The van der Waals surface area contributed by atoms with Gasteiger partial charge in [0.1, 0.15) is 0 Å². The molecule has 0 aromatic heterocycles. The quantitative estimate of drug-likeness (QED) is 0.850. The smallest absolute Gasteiger partial charge is 0.255 e. The summed E-state index contributed by atoms with van der Waals surface area (Å²) in [4.78, 5) is 11.8. The number of nitrogens with one attached hydrogen (secondary N) is 2. The molecule has 0 spiro atoms. The Morgan fingerprint density at radius 1 is 1.59 bits per heavy atom. The Labute approximate surface area is 98.2 Å². The topological polar surface area (TPSA) is 41.1 Å². The van der Waals surface area contributed by atoms with E-state index in [9.17, 15) is 13.6 Å². The predicted molar refractivity (Wildman–Crippen MR) is 61.7 cm³/mol. The lowest BCUT2D eigenvalue weighted by Gasteiger charge is -2.11. The van der Waals surface area contributed by atoms with Gasteiger partial charge < -0.3 is 10.6 Å². The lowest BCUT2D eigenvalue weighted by Crippen LogP contribution is -2.29. The second kappa shape index (κ2) is 4.69. The lowest BCUT2D eigenvalue weighted by atomic mass is 9.97. The standard InChI is InChI=1S/C12H14F2N2O/c1-7-5-15-9-4-2-3-8(11(7)9)12(17)16-6-10(13)14/h2-4,7,10,15H,5-6H2,1H3,(H,16,17)/t7-/m0/s1. The van der Waals surface area contributed by atoms with E-state index in [-0.39, 0.29) is 5.92 Å². The predicted octanol–water partition coefficient (Wildman–Crippen LogP) is 2.21. The van der Waals surface area contributed by atoms with Gasteiger partial charge in [-0.15, -0.1) is 0 Å². The van der Waals surface area contributed by atoms with E-state index >= 15 is 0 Å². The molecule has 92 valence electrons. The van der Waals surface area contributed by atoms with Gasteiger partial charge >= 0.3 is 0 Å². The van der Waals surface area contributed by atoms with Crippen LogP contribution >= 0.6 is 0 Å². The molecular weight excluding hydrogens is 226 g/mol. The van der Waals surface area contributed by atoms with Crippen LogP contribution in [0, 0.1) is 0 Å². The average molecular weight is 240 g/mol. The molecule has 1 aliphatic rings. The van der Waals surface area contributed by atoms with Gasteiger partial charge in [-0.25, -0.2) is 8.78 Å². The molecule has 0 radical (unpaired) electrons. The van der Waals surface area contributed by atoms with Gasteiger partial charge in [0.15, 0.2) is 0 Å². The number of hydrogen-bond donors (Lipinski definition) is 2. The van der Waals surface area contributed by atoms with E-state index in [1.54, 1.807) is 12.1 Å². The number of anilines is 1. The zero-order valence-corrected chi connectivity index (χ0v) is 9.47. The van der Waals surface area contributed by atoms with Crippen LogP contribution in [-0.4, -0.2) is 25.4 Å². The molecule has 3 nitrogen and oxygen atoms in total. The van der Waals surface area contributed by atoms with Crippen molar-refractivity contribution in [2.75, 3.05) is 18.4 Å². The summed E-state index contributed by atoms with van der Waals surface area (Å²) in [5.74, 6) is -0.212. The molecule has 1 amide bonds. The zero-order chi connectivity index (χ0) is 12.4.